The van der Waals surface area contributed by atoms with Gasteiger partial charge in [-0.25, -0.2) is 0 Å². The molecule has 0 saturated carbocycles. The van der Waals surface area contributed by atoms with Crippen LogP contribution in [0.25, 0.3) is 0 Å². The fourth-order valence-electron chi connectivity index (χ4n) is 2.61. The summed E-state index contributed by atoms with van der Waals surface area (Å²) < 4.78 is 0. The molecule has 4 heteroatoms. The minimum absolute atomic E-state index is 0.00877. The van der Waals surface area contributed by atoms with Gasteiger partial charge in [-0.05, 0) is 53.8 Å². The number of carbonyl (C=O) groups excluding carboxylic acids is 1. The van der Waals surface area contributed by atoms with Crippen LogP contribution in [0, 0.1) is 5.41 Å². The van der Waals surface area contributed by atoms with Crippen molar-refractivity contribution in [1.82, 2.24) is 15.5 Å². The maximum absolute atomic E-state index is 12.6. The molecule has 1 fully saturated rings. The zero-order valence-corrected chi connectivity index (χ0v) is 13.3. The van der Waals surface area contributed by atoms with E-state index in [1.165, 1.54) is 0 Å². The maximum atomic E-state index is 12.6. The molecule has 0 aliphatic carbocycles. The minimum Gasteiger partial charge on any atom is -0.354 e. The average Bonchev–Trinajstić information content (AvgIpc) is 2.37. The summed E-state index contributed by atoms with van der Waals surface area (Å²) in [7, 11) is 4.10. The van der Waals surface area contributed by atoms with Crippen LogP contribution < -0.4 is 10.6 Å². The Morgan fingerprint density at radius 1 is 1.42 bits per heavy atom. The summed E-state index contributed by atoms with van der Waals surface area (Å²) >= 11 is 0. The lowest BCUT2D eigenvalue weighted by Crippen LogP contribution is -2.55. The van der Waals surface area contributed by atoms with E-state index in [-0.39, 0.29) is 16.9 Å². The van der Waals surface area contributed by atoms with Gasteiger partial charge in [0.15, 0.2) is 0 Å². The molecule has 1 aliphatic rings. The van der Waals surface area contributed by atoms with Crippen molar-refractivity contribution in [2.45, 2.75) is 52.0 Å². The molecular formula is C15H31N3O. The van der Waals surface area contributed by atoms with Crippen LogP contribution in [0.5, 0.6) is 0 Å². The van der Waals surface area contributed by atoms with Crippen molar-refractivity contribution in [3.05, 3.63) is 0 Å². The van der Waals surface area contributed by atoms with Crippen LogP contribution in [0.2, 0.25) is 0 Å². The van der Waals surface area contributed by atoms with Gasteiger partial charge in [0.2, 0.25) is 5.91 Å². The number of hydrogen-bond acceptors (Lipinski definition) is 3. The molecule has 112 valence electrons. The number of carbonyl (C=O) groups is 1. The van der Waals surface area contributed by atoms with Crippen LogP contribution in [-0.4, -0.2) is 50.1 Å². The van der Waals surface area contributed by atoms with E-state index in [1.807, 2.05) is 0 Å². The highest BCUT2D eigenvalue weighted by Crippen LogP contribution is 2.32. The third-order valence-corrected chi connectivity index (χ3v) is 4.57. The van der Waals surface area contributed by atoms with Gasteiger partial charge in [-0.15, -0.1) is 0 Å². The summed E-state index contributed by atoms with van der Waals surface area (Å²) in [4.78, 5) is 14.8. The predicted octanol–water partition coefficient (Wildman–Crippen LogP) is 1.61. The minimum atomic E-state index is -0.185. The second-order valence-corrected chi connectivity index (χ2v) is 6.70. The first-order chi connectivity index (χ1) is 8.84. The van der Waals surface area contributed by atoms with E-state index >= 15 is 0 Å². The molecular weight excluding hydrogens is 238 g/mol. The van der Waals surface area contributed by atoms with Crippen molar-refractivity contribution >= 4 is 5.91 Å². The second kappa shape index (κ2) is 6.71. The Bertz CT molecular complexity index is 288. The van der Waals surface area contributed by atoms with Crippen molar-refractivity contribution in [2.24, 2.45) is 5.41 Å². The molecule has 1 atom stereocenters. The summed E-state index contributed by atoms with van der Waals surface area (Å²) in [6.07, 6.45) is 4.16. The topological polar surface area (TPSA) is 44.4 Å². The lowest BCUT2D eigenvalue weighted by atomic mass is 9.76. The van der Waals surface area contributed by atoms with Gasteiger partial charge in [-0.3, -0.25) is 4.79 Å². The molecule has 0 spiro atoms. The summed E-state index contributed by atoms with van der Waals surface area (Å²) in [6.45, 7) is 9.03. The summed E-state index contributed by atoms with van der Waals surface area (Å²) in [5, 5.41) is 6.57. The van der Waals surface area contributed by atoms with E-state index in [2.05, 4.69) is 50.4 Å². The zero-order chi connectivity index (χ0) is 14.5. The first-order valence-corrected chi connectivity index (χ1v) is 7.50. The molecule has 1 heterocycles. The van der Waals surface area contributed by atoms with Gasteiger partial charge >= 0.3 is 0 Å². The first-order valence-electron chi connectivity index (χ1n) is 7.50. The molecule has 1 saturated heterocycles. The van der Waals surface area contributed by atoms with Gasteiger partial charge in [0.1, 0.15) is 0 Å². The molecule has 0 aromatic heterocycles. The number of amides is 1. The largest absolute Gasteiger partial charge is 0.354 e. The first kappa shape index (κ1) is 16.4. The fraction of sp³-hybridized carbons (Fsp3) is 0.933. The molecule has 1 rings (SSSR count). The summed E-state index contributed by atoms with van der Waals surface area (Å²) in [5.74, 6) is 0.233. The lowest BCUT2D eigenvalue weighted by molar-refractivity contribution is -0.133. The van der Waals surface area contributed by atoms with Crippen molar-refractivity contribution in [2.75, 3.05) is 33.7 Å². The molecule has 0 aromatic rings. The zero-order valence-electron chi connectivity index (χ0n) is 13.3. The normalized spacial score (nSPS) is 24.5. The number of piperidine rings is 1. The quantitative estimate of drug-likeness (QED) is 0.770. The Morgan fingerprint density at radius 2 is 2.11 bits per heavy atom. The third-order valence-electron chi connectivity index (χ3n) is 4.57. The van der Waals surface area contributed by atoms with Crippen molar-refractivity contribution in [3.8, 4) is 0 Å². The predicted molar refractivity (Wildman–Crippen MR) is 80.2 cm³/mol. The number of rotatable bonds is 6. The standard InChI is InChI=1S/C15H31N3O/c1-6-8-15(9-7-10-16-12-15)13(19)17-11-14(2,3)18(4)5/h16H,6-12H2,1-5H3,(H,17,19). The molecule has 0 bridgehead atoms. The van der Waals surface area contributed by atoms with Crippen LogP contribution in [0.3, 0.4) is 0 Å². The fourth-order valence-corrected chi connectivity index (χ4v) is 2.61. The Kier molecular flexibility index (Phi) is 5.81. The number of nitrogens with one attached hydrogen (secondary N) is 2. The van der Waals surface area contributed by atoms with Gasteiger partial charge in [-0.1, -0.05) is 13.3 Å². The molecule has 19 heavy (non-hydrogen) atoms. The monoisotopic (exact) mass is 269 g/mol. The van der Waals surface area contributed by atoms with Crippen LogP contribution in [0.1, 0.15) is 46.5 Å². The molecule has 0 radical (unpaired) electrons. The van der Waals surface area contributed by atoms with E-state index in [1.54, 1.807) is 0 Å². The highest BCUT2D eigenvalue weighted by molar-refractivity contribution is 5.83. The summed E-state index contributed by atoms with van der Waals surface area (Å²) in [6, 6.07) is 0. The van der Waals surface area contributed by atoms with E-state index in [4.69, 9.17) is 0 Å². The number of hydrogen-bond donors (Lipinski definition) is 2. The SMILES string of the molecule is CCCC1(C(=O)NCC(C)(C)N(C)C)CCCNC1. The number of likely N-dealkylation sites (N-methyl/N-ethyl adjacent to an activating group) is 1. The molecule has 1 aliphatic heterocycles. The van der Waals surface area contributed by atoms with Crippen LogP contribution in [-0.2, 0) is 4.79 Å². The average molecular weight is 269 g/mol. The van der Waals surface area contributed by atoms with Crippen molar-refractivity contribution in [3.63, 3.8) is 0 Å². The molecule has 1 unspecified atom stereocenters. The van der Waals surface area contributed by atoms with Crippen LogP contribution in [0.4, 0.5) is 0 Å². The van der Waals surface area contributed by atoms with Gasteiger partial charge in [0.05, 0.1) is 5.41 Å². The Labute approximate surface area is 118 Å². The molecule has 4 nitrogen and oxygen atoms in total. The maximum Gasteiger partial charge on any atom is 0.227 e. The van der Waals surface area contributed by atoms with Gasteiger partial charge in [-0.2, -0.15) is 0 Å². The molecule has 1 amide bonds. The molecule has 2 N–H and O–H groups in total. The van der Waals surface area contributed by atoms with E-state index in [9.17, 15) is 4.79 Å². The summed E-state index contributed by atoms with van der Waals surface area (Å²) in [5.41, 5.74) is -0.194. The Hall–Kier alpha value is -0.610. The van der Waals surface area contributed by atoms with Crippen molar-refractivity contribution < 1.29 is 4.79 Å². The highest BCUT2D eigenvalue weighted by Gasteiger charge is 2.39. The Balaban J connectivity index is 2.63. The smallest absolute Gasteiger partial charge is 0.227 e. The lowest BCUT2D eigenvalue weighted by Gasteiger charge is -2.38. The van der Waals surface area contributed by atoms with E-state index in [0.717, 1.165) is 38.8 Å². The second-order valence-electron chi connectivity index (χ2n) is 6.70. The van der Waals surface area contributed by atoms with Crippen molar-refractivity contribution in [1.29, 1.82) is 0 Å². The van der Waals surface area contributed by atoms with Gasteiger partial charge < -0.3 is 15.5 Å². The van der Waals surface area contributed by atoms with Gasteiger partial charge in [0.25, 0.3) is 0 Å². The van der Waals surface area contributed by atoms with E-state index in [0.29, 0.717) is 6.54 Å². The van der Waals surface area contributed by atoms with Crippen LogP contribution >= 0.6 is 0 Å². The highest BCUT2D eigenvalue weighted by atomic mass is 16.2. The van der Waals surface area contributed by atoms with Crippen LogP contribution in [0.15, 0.2) is 0 Å². The molecule has 0 aromatic carbocycles. The number of nitrogens with zero attached hydrogens (tertiary/aromatic N) is 1. The van der Waals surface area contributed by atoms with E-state index < -0.39 is 0 Å². The Morgan fingerprint density at radius 3 is 2.58 bits per heavy atom. The third kappa shape index (κ3) is 4.18. The van der Waals surface area contributed by atoms with Gasteiger partial charge in [0, 0.05) is 18.6 Å².